The molecule has 22 heavy (non-hydrogen) atoms. The van der Waals surface area contributed by atoms with Crippen molar-refractivity contribution in [1.82, 2.24) is 15.3 Å². The number of nitrogens with zero attached hydrogens (tertiary/aromatic N) is 3. The van der Waals surface area contributed by atoms with Crippen LogP contribution in [-0.2, 0) is 4.79 Å². The molecule has 1 saturated heterocycles. The molecular weight excluding hydrogens is 276 g/mol. The van der Waals surface area contributed by atoms with Crippen molar-refractivity contribution in [2.45, 2.75) is 26.2 Å². The second-order valence-corrected chi connectivity index (χ2v) is 5.77. The first-order valence-corrected chi connectivity index (χ1v) is 8.02. The SMILES string of the molecule is CCCNC(=O)C1CCN(c2ncnc3ccccc23)CC1. The highest BCUT2D eigenvalue weighted by molar-refractivity contribution is 5.89. The van der Waals surface area contributed by atoms with Crippen LogP contribution in [0.4, 0.5) is 5.82 Å². The summed E-state index contributed by atoms with van der Waals surface area (Å²) in [7, 11) is 0. The number of hydrogen-bond donors (Lipinski definition) is 1. The molecule has 0 aliphatic carbocycles. The Kier molecular flexibility index (Phi) is 4.51. The number of hydrogen-bond acceptors (Lipinski definition) is 4. The zero-order valence-electron chi connectivity index (χ0n) is 13.0. The van der Waals surface area contributed by atoms with Crippen molar-refractivity contribution < 1.29 is 4.79 Å². The number of anilines is 1. The van der Waals surface area contributed by atoms with Gasteiger partial charge in [0.15, 0.2) is 0 Å². The summed E-state index contributed by atoms with van der Waals surface area (Å²) in [5, 5.41) is 4.09. The van der Waals surface area contributed by atoms with Gasteiger partial charge in [-0.25, -0.2) is 9.97 Å². The van der Waals surface area contributed by atoms with Gasteiger partial charge in [-0.1, -0.05) is 19.1 Å². The third kappa shape index (κ3) is 3.03. The van der Waals surface area contributed by atoms with Crippen LogP contribution >= 0.6 is 0 Å². The molecule has 0 saturated carbocycles. The summed E-state index contributed by atoms with van der Waals surface area (Å²) >= 11 is 0. The summed E-state index contributed by atoms with van der Waals surface area (Å²) in [6, 6.07) is 8.07. The zero-order valence-corrected chi connectivity index (χ0v) is 13.0. The predicted molar refractivity (Wildman–Crippen MR) is 87.8 cm³/mol. The molecule has 0 radical (unpaired) electrons. The highest BCUT2D eigenvalue weighted by Gasteiger charge is 2.26. The Morgan fingerprint density at radius 3 is 2.82 bits per heavy atom. The topological polar surface area (TPSA) is 58.1 Å². The zero-order chi connectivity index (χ0) is 15.4. The number of para-hydroxylation sites is 1. The summed E-state index contributed by atoms with van der Waals surface area (Å²) in [6.45, 7) is 4.58. The average molecular weight is 298 g/mol. The molecule has 0 bridgehead atoms. The molecule has 0 unspecified atom stereocenters. The second kappa shape index (κ2) is 6.73. The normalized spacial score (nSPS) is 16.0. The Labute approximate surface area is 130 Å². The highest BCUT2D eigenvalue weighted by Crippen LogP contribution is 2.27. The number of piperidine rings is 1. The number of fused-ring (bicyclic) bond motifs is 1. The largest absolute Gasteiger partial charge is 0.356 e. The van der Waals surface area contributed by atoms with E-state index in [9.17, 15) is 4.79 Å². The number of carbonyl (C=O) groups is 1. The average Bonchev–Trinajstić information content (AvgIpc) is 2.59. The van der Waals surface area contributed by atoms with E-state index in [1.807, 2.05) is 18.2 Å². The van der Waals surface area contributed by atoms with Crippen LogP contribution in [0.15, 0.2) is 30.6 Å². The molecule has 0 atom stereocenters. The van der Waals surface area contributed by atoms with Gasteiger partial charge in [0.25, 0.3) is 0 Å². The minimum atomic E-state index is 0.135. The molecule has 5 nitrogen and oxygen atoms in total. The van der Waals surface area contributed by atoms with E-state index in [2.05, 4.69) is 33.2 Å². The number of amides is 1. The minimum Gasteiger partial charge on any atom is -0.356 e. The molecule has 1 N–H and O–H groups in total. The van der Waals surface area contributed by atoms with Gasteiger partial charge in [0.2, 0.25) is 5.91 Å². The molecule has 1 amide bonds. The minimum absolute atomic E-state index is 0.135. The van der Waals surface area contributed by atoms with E-state index in [4.69, 9.17) is 0 Å². The number of aromatic nitrogens is 2. The number of rotatable bonds is 4. The van der Waals surface area contributed by atoms with E-state index < -0.39 is 0 Å². The first-order chi connectivity index (χ1) is 10.8. The first-order valence-electron chi connectivity index (χ1n) is 8.02. The van der Waals surface area contributed by atoms with Crippen LogP contribution in [0.2, 0.25) is 0 Å². The maximum absolute atomic E-state index is 12.1. The van der Waals surface area contributed by atoms with Gasteiger partial charge in [0.1, 0.15) is 12.1 Å². The lowest BCUT2D eigenvalue weighted by Crippen LogP contribution is -2.41. The third-order valence-electron chi connectivity index (χ3n) is 4.24. The van der Waals surface area contributed by atoms with Gasteiger partial charge in [-0.3, -0.25) is 4.79 Å². The van der Waals surface area contributed by atoms with E-state index in [0.29, 0.717) is 0 Å². The fourth-order valence-corrected chi connectivity index (χ4v) is 2.99. The molecule has 1 aliphatic heterocycles. The second-order valence-electron chi connectivity index (χ2n) is 5.77. The molecule has 1 fully saturated rings. The van der Waals surface area contributed by atoms with E-state index in [1.54, 1.807) is 6.33 Å². The van der Waals surface area contributed by atoms with Gasteiger partial charge in [0.05, 0.1) is 5.52 Å². The summed E-state index contributed by atoms with van der Waals surface area (Å²) in [6.07, 6.45) is 4.37. The third-order valence-corrected chi connectivity index (χ3v) is 4.24. The van der Waals surface area contributed by atoms with Gasteiger partial charge in [-0.2, -0.15) is 0 Å². The number of benzene rings is 1. The van der Waals surface area contributed by atoms with E-state index in [-0.39, 0.29) is 11.8 Å². The summed E-state index contributed by atoms with van der Waals surface area (Å²) < 4.78 is 0. The van der Waals surface area contributed by atoms with Gasteiger partial charge in [0, 0.05) is 30.9 Å². The Bertz CT molecular complexity index is 645. The van der Waals surface area contributed by atoms with Crippen molar-refractivity contribution in [3.05, 3.63) is 30.6 Å². The molecule has 116 valence electrons. The van der Waals surface area contributed by atoms with E-state index in [1.165, 1.54) is 0 Å². The molecular formula is C17H22N4O. The highest BCUT2D eigenvalue weighted by atomic mass is 16.1. The summed E-state index contributed by atoms with van der Waals surface area (Å²) in [4.78, 5) is 23.1. The quantitative estimate of drug-likeness (QED) is 0.941. The summed E-state index contributed by atoms with van der Waals surface area (Å²) in [5.74, 6) is 1.32. The molecule has 2 heterocycles. The van der Waals surface area contributed by atoms with Crippen molar-refractivity contribution in [3.63, 3.8) is 0 Å². The van der Waals surface area contributed by atoms with Crippen LogP contribution in [0.1, 0.15) is 26.2 Å². The number of carbonyl (C=O) groups excluding carboxylic acids is 1. The monoisotopic (exact) mass is 298 g/mol. The maximum Gasteiger partial charge on any atom is 0.223 e. The van der Waals surface area contributed by atoms with Crippen molar-refractivity contribution in [2.75, 3.05) is 24.5 Å². The lowest BCUT2D eigenvalue weighted by atomic mass is 9.95. The Morgan fingerprint density at radius 2 is 2.05 bits per heavy atom. The Balaban J connectivity index is 1.69. The van der Waals surface area contributed by atoms with Crippen molar-refractivity contribution in [1.29, 1.82) is 0 Å². The smallest absolute Gasteiger partial charge is 0.223 e. The lowest BCUT2D eigenvalue weighted by molar-refractivity contribution is -0.125. The molecule has 5 heteroatoms. The maximum atomic E-state index is 12.1. The van der Waals surface area contributed by atoms with E-state index in [0.717, 1.165) is 55.6 Å². The van der Waals surface area contributed by atoms with Gasteiger partial charge in [-0.15, -0.1) is 0 Å². The van der Waals surface area contributed by atoms with Crippen LogP contribution < -0.4 is 10.2 Å². The molecule has 3 rings (SSSR count). The van der Waals surface area contributed by atoms with Crippen molar-refractivity contribution >= 4 is 22.6 Å². The fraction of sp³-hybridized carbons (Fsp3) is 0.471. The van der Waals surface area contributed by atoms with Crippen molar-refractivity contribution in [3.8, 4) is 0 Å². The standard InChI is InChI=1S/C17H22N4O/c1-2-9-18-17(22)13-7-10-21(11-8-13)16-14-5-3-4-6-15(14)19-12-20-16/h3-6,12-13H,2,7-11H2,1H3,(H,18,22). The molecule has 2 aromatic rings. The van der Waals surface area contributed by atoms with E-state index >= 15 is 0 Å². The Morgan fingerprint density at radius 1 is 1.27 bits per heavy atom. The van der Waals surface area contributed by atoms with Gasteiger partial charge < -0.3 is 10.2 Å². The number of nitrogens with one attached hydrogen (secondary N) is 1. The first kappa shape index (κ1) is 14.8. The van der Waals surface area contributed by atoms with Crippen LogP contribution in [0.5, 0.6) is 0 Å². The van der Waals surface area contributed by atoms with Crippen LogP contribution in [-0.4, -0.2) is 35.5 Å². The van der Waals surface area contributed by atoms with Crippen LogP contribution in [0.25, 0.3) is 10.9 Å². The van der Waals surface area contributed by atoms with Crippen molar-refractivity contribution in [2.24, 2.45) is 5.92 Å². The lowest BCUT2D eigenvalue weighted by Gasteiger charge is -2.32. The molecule has 0 spiro atoms. The van der Waals surface area contributed by atoms with Gasteiger partial charge in [-0.05, 0) is 31.4 Å². The Hall–Kier alpha value is -2.17. The van der Waals surface area contributed by atoms with Crippen LogP contribution in [0, 0.1) is 5.92 Å². The molecule has 1 aromatic carbocycles. The fourth-order valence-electron chi connectivity index (χ4n) is 2.99. The van der Waals surface area contributed by atoms with Crippen LogP contribution in [0.3, 0.4) is 0 Å². The summed E-state index contributed by atoms with van der Waals surface area (Å²) in [5.41, 5.74) is 0.968. The predicted octanol–water partition coefficient (Wildman–Crippen LogP) is 2.37. The molecule has 1 aliphatic rings. The molecule has 1 aromatic heterocycles. The van der Waals surface area contributed by atoms with Gasteiger partial charge >= 0.3 is 0 Å².